The van der Waals surface area contributed by atoms with Crippen LogP contribution in [0.1, 0.15) is 40.0 Å². The minimum atomic E-state index is -0.995. The molecule has 0 aliphatic carbocycles. The first kappa shape index (κ1) is 17.7. The summed E-state index contributed by atoms with van der Waals surface area (Å²) in [6.45, 7) is 8.25. The van der Waals surface area contributed by atoms with E-state index in [1.807, 2.05) is 0 Å². The van der Waals surface area contributed by atoms with Crippen LogP contribution in [-0.4, -0.2) is 42.1 Å². The Morgan fingerprint density at radius 3 is 2.70 bits per heavy atom. The van der Waals surface area contributed by atoms with Crippen molar-refractivity contribution >= 4 is 5.91 Å². The molecule has 1 heterocycles. The monoisotopic (exact) mass is 322 g/mol. The van der Waals surface area contributed by atoms with Gasteiger partial charge in [-0.3, -0.25) is 9.69 Å². The number of carbonyl (C=O) groups excluding carboxylic acids is 1. The first-order chi connectivity index (χ1) is 10.9. The Morgan fingerprint density at radius 2 is 2.04 bits per heavy atom. The number of piperidine rings is 1. The molecule has 1 amide bonds. The Bertz CT molecular complexity index is 516. The van der Waals surface area contributed by atoms with E-state index >= 15 is 0 Å². The molecular formula is C18H27FN2O2. The zero-order chi connectivity index (χ0) is 16.9. The molecule has 1 aromatic rings. The second kappa shape index (κ2) is 7.77. The number of ether oxygens (including phenoxy) is 1. The molecule has 0 aromatic heterocycles. The van der Waals surface area contributed by atoms with Crippen LogP contribution in [0.2, 0.25) is 0 Å². The summed E-state index contributed by atoms with van der Waals surface area (Å²) in [6, 6.07) is 6.28. The molecule has 23 heavy (non-hydrogen) atoms. The van der Waals surface area contributed by atoms with Crippen molar-refractivity contribution in [3.63, 3.8) is 0 Å². The van der Waals surface area contributed by atoms with Gasteiger partial charge in [-0.15, -0.1) is 0 Å². The van der Waals surface area contributed by atoms with Crippen LogP contribution >= 0.6 is 0 Å². The number of hydrogen-bond acceptors (Lipinski definition) is 3. The number of benzene rings is 1. The molecule has 4 nitrogen and oxygen atoms in total. The standard InChI is InChI=1S/C18H27FN2O2/c1-14-6-4-5-12-21(14)13-11-20-17(22)18(2,3)23-16-9-7-15(19)8-10-16/h7-10,14H,4-6,11-13H2,1-3H3,(H,20,22). The van der Waals surface area contributed by atoms with Crippen LogP contribution in [0.5, 0.6) is 5.75 Å². The molecule has 1 aliphatic heterocycles. The maximum absolute atomic E-state index is 12.9. The van der Waals surface area contributed by atoms with Crippen molar-refractivity contribution in [1.29, 1.82) is 0 Å². The summed E-state index contributed by atoms with van der Waals surface area (Å²) in [7, 11) is 0. The summed E-state index contributed by atoms with van der Waals surface area (Å²) in [4.78, 5) is 14.7. The van der Waals surface area contributed by atoms with Gasteiger partial charge in [0.05, 0.1) is 0 Å². The molecule has 1 aromatic carbocycles. The van der Waals surface area contributed by atoms with E-state index in [9.17, 15) is 9.18 Å². The normalized spacial score (nSPS) is 19.4. The number of halogens is 1. The van der Waals surface area contributed by atoms with Gasteiger partial charge in [0.25, 0.3) is 5.91 Å². The number of nitrogens with zero attached hydrogens (tertiary/aromatic N) is 1. The van der Waals surface area contributed by atoms with Crippen LogP contribution < -0.4 is 10.1 Å². The van der Waals surface area contributed by atoms with Crippen molar-refractivity contribution in [2.45, 2.75) is 51.7 Å². The van der Waals surface area contributed by atoms with E-state index in [2.05, 4.69) is 17.1 Å². The van der Waals surface area contributed by atoms with E-state index in [1.165, 1.54) is 43.5 Å². The number of nitrogens with one attached hydrogen (secondary N) is 1. The van der Waals surface area contributed by atoms with Crippen LogP contribution in [0.4, 0.5) is 4.39 Å². The average molecular weight is 322 g/mol. The van der Waals surface area contributed by atoms with Crippen molar-refractivity contribution < 1.29 is 13.9 Å². The highest BCUT2D eigenvalue weighted by molar-refractivity contribution is 5.84. The third-order valence-electron chi connectivity index (χ3n) is 4.36. The van der Waals surface area contributed by atoms with Crippen molar-refractivity contribution in [3.8, 4) is 5.75 Å². The highest BCUT2D eigenvalue weighted by atomic mass is 19.1. The van der Waals surface area contributed by atoms with E-state index in [0.717, 1.165) is 13.1 Å². The predicted octanol–water partition coefficient (Wildman–Crippen LogP) is 2.97. The Labute approximate surface area is 138 Å². The third-order valence-corrected chi connectivity index (χ3v) is 4.36. The lowest BCUT2D eigenvalue weighted by Crippen LogP contribution is -2.49. The van der Waals surface area contributed by atoms with E-state index in [0.29, 0.717) is 18.3 Å². The summed E-state index contributed by atoms with van der Waals surface area (Å²) < 4.78 is 18.6. The fraction of sp³-hybridized carbons (Fsp3) is 0.611. The number of amides is 1. The fourth-order valence-corrected chi connectivity index (χ4v) is 2.86. The zero-order valence-electron chi connectivity index (χ0n) is 14.3. The van der Waals surface area contributed by atoms with Crippen molar-refractivity contribution in [3.05, 3.63) is 30.1 Å². The van der Waals surface area contributed by atoms with Gasteiger partial charge in [0.15, 0.2) is 5.60 Å². The molecule has 1 aliphatic rings. The van der Waals surface area contributed by atoms with E-state index < -0.39 is 5.60 Å². The third kappa shape index (κ3) is 5.20. The van der Waals surface area contributed by atoms with E-state index in [1.54, 1.807) is 13.8 Å². The summed E-state index contributed by atoms with van der Waals surface area (Å²) in [5.74, 6) is -0.00190. The summed E-state index contributed by atoms with van der Waals surface area (Å²) in [5, 5.41) is 2.94. The Kier molecular flexibility index (Phi) is 5.99. The van der Waals surface area contributed by atoms with Gasteiger partial charge in [0.2, 0.25) is 0 Å². The van der Waals surface area contributed by atoms with Gasteiger partial charge in [-0.2, -0.15) is 0 Å². The molecule has 1 atom stereocenters. The molecule has 1 N–H and O–H groups in total. The molecule has 0 radical (unpaired) electrons. The molecule has 1 unspecified atom stereocenters. The fourth-order valence-electron chi connectivity index (χ4n) is 2.86. The SMILES string of the molecule is CC1CCCCN1CCNC(=O)C(C)(C)Oc1ccc(F)cc1. The predicted molar refractivity (Wildman–Crippen MR) is 89.0 cm³/mol. The lowest BCUT2D eigenvalue weighted by atomic mass is 10.0. The van der Waals surface area contributed by atoms with Gasteiger partial charge >= 0.3 is 0 Å². The number of likely N-dealkylation sites (tertiary alicyclic amines) is 1. The Morgan fingerprint density at radius 1 is 1.35 bits per heavy atom. The van der Waals surface area contributed by atoms with Gasteiger partial charge in [-0.25, -0.2) is 4.39 Å². The second-order valence-corrected chi connectivity index (χ2v) is 6.70. The van der Waals surface area contributed by atoms with Crippen LogP contribution in [0.25, 0.3) is 0 Å². The topological polar surface area (TPSA) is 41.6 Å². The molecule has 0 spiro atoms. The van der Waals surface area contributed by atoms with E-state index in [4.69, 9.17) is 4.74 Å². The number of rotatable bonds is 6. The van der Waals surface area contributed by atoms with Crippen LogP contribution in [0, 0.1) is 5.82 Å². The molecule has 1 fully saturated rings. The maximum Gasteiger partial charge on any atom is 0.263 e. The van der Waals surface area contributed by atoms with Gasteiger partial charge < -0.3 is 10.1 Å². The van der Waals surface area contributed by atoms with E-state index in [-0.39, 0.29) is 11.7 Å². The molecule has 1 saturated heterocycles. The molecule has 2 rings (SSSR count). The Hall–Kier alpha value is -1.62. The maximum atomic E-state index is 12.9. The van der Waals surface area contributed by atoms with Crippen LogP contribution in [0.15, 0.2) is 24.3 Å². The average Bonchev–Trinajstić information content (AvgIpc) is 2.51. The second-order valence-electron chi connectivity index (χ2n) is 6.70. The lowest BCUT2D eigenvalue weighted by molar-refractivity contribution is -0.134. The summed E-state index contributed by atoms with van der Waals surface area (Å²) in [5.41, 5.74) is -0.995. The Balaban J connectivity index is 1.80. The summed E-state index contributed by atoms with van der Waals surface area (Å²) in [6.07, 6.45) is 3.76. The lowest BCUT2D eigenvalue weighted by Gasteiger charge is -2.33. The molecular weight excluding hydrogens is 295 g/mol. The van der Waals surface area contributed by atoms with Crippen molar-refractivity contribution in [1.82, 2.24) is 10.2 Å². The molecule has 0 bridgehead atoms. The van der Waals surface area contributed by atoms with Crippen LogP contribution in [0.3, 0.4) is 0 Å². The number of hydrogen-bond donors (Lipinski definition) is 1. The van der Waals surface area contributed by atoms with Gasteiger partial charge in [-0.05, 0) is 64.4 Å². The largest absolute Gasteiger partial charge is 0.478 e. The first-order valence-electron chi connectivity index (χ1n) is 8.35. The number of carbonyl (C=O) groups is 1. The summed E-state index contributed by atoms with van der Waals surface area (Å²) >= 11 is 0. The highest BCUT2D eigenvalue weighted by Crippen LogP contribution is 2.19. The van der Waals surface area contributed by atoms with Crippen molar-refractivity contribution in [2.24, 2.45) is 0 Å². The smallest absolute Gasteiger partial charge is 0.263 e. The van der Waals surface area contributed by atoms with Crippen molar-refractivity contribution in [2.75, 3.05) is 19.6 Å². The minimum Gasteiger partial charge on any atom is -0.478 e. The quantitative estimate of drug-likeness (QED) is 0.875. The van der Waals surface area contributed by atoms with Gasteiger partial charge in [0.1, 0.15) is 11.6 Å². The minimum absolute atomic E-state index is 0.161. The van der Waals surface area contributed by atoms with Gasteiger partial charge in [-0.1, -0.05) is 6.42 Å². The van der Waals surface area contributed by atoms with Gasteiger partial charge in [0, 0.05) is 19.1 Å². The highest BCUT2D eigenvalue weighted by Gasteiger charge is 2.30. The first-order valence-corrected chi connectivity index (χ1v) is 8.35. The molecule has 0 saturated carbocycles. The molecule has 128 valence electrons. The molecule has 5 heteroatoms. The zero-order valence-corrected chi connectivity index (χ0v) is 14.3. The van der Waals surface area contributed by atoms with Crippen LogP contribution in [-0.2, 0) is 4.79 Å².